The molecule has 1 N–H and O–H groups in total. The van der Waals surface area contributed by atoms with Crippen LogP contribution in [0.15, 0.2) is 18.2 Å². The highest BCUT2D eigenvalue weighted by molar-refractivity contribution is 5.45. The number of hydrogen-bond acceptors (Lipinski definition) is 2. The largest absolute Gasteiger partial charge is 0.382 e. The SMILES string of the molecule is Cc1cc(NCC2CCCO2)ccc1F. The topological polar surface area (TPSA) is 21.3 Å². The van der Waals surface area contributed by atoms with Crippen molar-refractivity contribution >= 4 is 5.69 Å². The smallest absolute Gasteiger partial charge is 0.126 e. The molecule has 0 aromatic heterocycles. The third-order valence-electron chi connectivity index (χ3n) is 2.72. The molecule has 0 spiro atoms. The Morgan fingerprint density at radius 1 is 1.53 bits per heavy atom. The molecule has 0 saturated carbocycles. The van der Waals surface area contributed by atoms with Gasteiger partial charge in [-0.25, -0.2) is 4.39 Å². The lowest BCUT2D eigenvalue weighted by Gasteiger charge is -2.12. The Kier molecular flexibility index (Phi) is 3.21. The van der Waals surface area contributed by atoms with Crippen LogP contribution in [0.4, 0.5) is 10.1 Å². The molecular weight excluding hydrogens is 193 g/mol. The molecular formula is C12H16FNO. The standard InChI is InChI=1S/C12H16FNO/c1-9-7-10(4-5-12(9)13)14-8-11-3-2-6-15-11/h4-5,7,11,14H,2-3,6,8H2,1H3. The summed E-state index contributed by atoms with van der Waals surface area (Å²) in [6, 6.07) is 5.08. The van der Waals surface area contributed by atoms with Gasteiger partial charge in [-0.05, 0) is 43.5 Å². The maximum absolute atomic E-state index is 13.0. The maximum atomic E-state index is 13.0. The van der Waals surface area contributed by atoms with Crippen LogP contribution in [0.1, 0.15) is 18.4 Å². The van der Waals surface area contributed by atoms with Crippen LogP contribution in [0.2, 0.25) is 0 Å². The van der Waals surface area contributed by atoms with E-state index in [-0.39, 0.29) is 5.82 Å². The van der Waals surface area contributed by atoms with Gasteiger partial charge in [-0.2, -0.15) is 0 Å². The minimum atomic E-state index is -0.155. The summed E-state index contributed by atoms with van der Waals surface area (Å²) in [5.74, 6) is -0.155. The van der Waals surface area contributed by atoms with Gasteiger partial charge in [-0.1, -0.05) is 0 Å². The van der Waals surface area contributed by atoms with Gasteiger partial charge < -0.3 is 10.1 Å². The molecule has 2 nitrogen and oxygen atoms in total. The molecule has 2 rings (SSSR count). The van der Waals surface area contributed by atoms with Gasteiger partial charge in [0, 0.05) is 18.8 Å². The van der Waals surface area contributed by atoms with Crippen LogP contribution in [-0.2, 0) is 4.74 Å². The average molecular weight is 209 g/mol. The molecule has 1 aromatic rings. The van der Waals surface area contributed by atoms with Crippen molar-refractivity contribution in [2.45, 2.75) is 25.9 Å². The number of halogens is 1. The minimum absolute atomic E-state index is 0.155. The second-order valence-electron chi connectivity index (χ2n) is 3.98. The van der Waals surface area contributed by atoms with Gasteiger partial charge in [0.25, 0.3) is 0 Å². The molecule has 1 fully saturated rings. The Bertz CT molecular complexity index is 334. The summed E-state index contributed by atoms with van der Waals surface area (Å²) >= 11 is 0. The molecule has 15 heavy (non-hydrogen) atoms. The number of aryl methyl sites for hydroxylation is 1. The summed E-state index contributed by atoms with van der Waals surface area (Å²) in [6.07, 6.45) is 2.58. The Labute approximate surface area is 89.4 Å². The highest BCUT2D eigenvalue weighted by atomic mass is 19.1. The second-order valence-corrected chi connectivity index (χ2v) is 3.98. The zero-order valence-corrected chi connectivity index (χ0v) is 8.92. The average Bonchev–Trinajstić information content (AvgIpc) is 2.73. The normalized spacial score (nSPS) is 20.5. The predicted octanol–water partition coefficient (Wildman–Crippen LogP) is 2.73. The van der Waals surface area contributed by atoms with Gasteiger partial charge in [-0.15, -0.1) is 0 Å². The van der Waals surface area contributed by atoms with Crippen molar-refractivity contribution < 1.29 is 9.13 Å². The van der Waals surface area contributed by atoms with Crippen LogP contribution in [0.3, 0.4) is 0 Å². The lowest BCUT2D eigenvalue weighted by Crippen LogP contribution is -2.18. The van der Waals surface area contributed by atoms with Gasteiger partial charge in [0.1, 0.15) is 5.82 Å². The fourth-order valence-corrected chi connectivity index (χ4v) is 1.79. The van der Waals surface area contributed by atoms with E-state index < -0.39 is 0 Å². The number of rotatable bonds is 3. The summed E-state index contributed by atoms with van der Waals surface area (Å²) in [7, 11) is 0. The lowest BCUT2D eigenvalue weighted by atomic mass is 10.2. The summed E-state index contributed by atoms with van der Waals surface area (Å²) < 4.78 is 18.5. The van der Waals surface area contributed by atoms with E-state index in [0.717, 1.165) is 31.7 Å². The number of ether oxygens (including phenoxy) is 1. The van der Waals surface area contributed by atoms with Crippen molar-refractivity contribution in [2.24, 2.45) is 0 Å². The van der Waals surface area contributed by atoms with Gasteiger partial charge in [0.15, 0.2) is 0 Å². The minimum Gasteiger partial charge on any atom is -0.382 e. The fourth-order valence-electron chi connectivity index (χ4n) is 1.79. The van der Waals surface area contributed by atoms with E-state index in [1.807, 2.05) is 6.07 Å². The zero-order chi connectivity index (χ0) is 10.7. The van der Waals surface area contributed by atoms with Crippen LogP contribution in [0.25, 0.3) is 0 Å². The summed E-state index contributed by atoms with van der Waals surface area (Å²) in [4.78, 5) is 0. The van der Waals surface area contributed by atoms with Crippen LogP contribution >= 0.6 is 0 Å². The first-order chi connectivity index (χ1) is 7.25. The predicted molar refractivity (Wildman–Crippen MR) is 58.6 cm³/mol. The van der Waals surface area contributed by atoms with Crippen LogP contribution in [0.5, 0.6) is 0 Å². The van der Waals surface area contributed by atoms with Gasteiger partial charge in [-0.3, -0.25) is 0 Å². The summed E-state index contributed by atoms with van der Waals surface area (Å²) in [5.41, 5.74) is 1.64. The monoisotopic (exact) mass is 209 g/mol. The molecule has 0 bridgehead atoms. The fraction of sp³-hybridized carbons (Fsp3) is 0.500. The van der Waals surface area contributed by atoms with Gasteiger partial charge in [0.05, 0.1) is 6.10 Å². The molecule has 0 amide bonds. The van der Waals surface area contributed by atoms with Gasteiger partial charge in [0.2, 0.25) is 0 Å². The number of anilines is 1. The molecule has 1 saturated heterocycles. The summed E-state index contributed by atoms with van der Waals surface area (Å²) in [6.45, 7) is 3.45. The molecule has 1 aliphatic rings. The first-order valence-corrected chi connectivity index (χ1v) is 5.37. The molecule has 1 aromatic carbocycles. The highest BCUT2D eigenvalue weighted by Gasteiger charge is 2.14. The van der Waals surface area contributed by atoms with Crippen molar-refractivity contribution in [3.8, 4) is 0 Å². The van der Waals surface area contributed by atoms with E-state index in [1.54, 1.807) is 13.0 Å². The lowest BCUT2D eigenvalue weighted by molar-refractivity contribution is 0.120. The van der Waals surface area contributed by atoms with Crippen molar-refractivity contribution in [1.82, 2.24) is 0 Å². The van der Waals surface area contributed by atoms with Crippen molar-refractivity contribution in [3.63, 3.8) is 0 Å². The zero-order valence-electron chi connectivity index (χ0n) is 8.92. The van der Waals surface area contributed by atoms with E-state index in [4.69, 9.17) is 4.74 Å². The number of nitrogens with one attached hydrogen (secondary N) is 1. The van der Waals surface area contributed by atoms with E-state index in [2.05, 4.69) is 5.32 Å². The van der Waals surface area contributed by atoms with E-state index in [9.17, 15) is 4.39 Å². The molecule has 1 unspecified atom stereocenters. The number of hydrogen-bond donors (Lipinski definition) is 1. The second kappa shape index (κ2) is 4.62. The molecule has 1 aliphatic heterocycles. The Hall–Kier alpha value is -1.09. The van der Waals surface area contributed by atoms with Crippen LogP contribution in [0, 0.1) is 12.7 Å². The Morgan fingerprint density at radius 2 is 2.40 bits per heavy atom. The van der Waals surface area contributed by atoms with E-state index in [0.29, 0.717) is 11.7 Å². The van der Waals surface area contributed by atoms with E-state index >= 15 is 0 Å². The van der Waals surface area contributed by atoms with Gasteiger partial charge >= 0.3 is 0 Å². The third kappa shape index (κ3) is 2.69. The quantitative estimate of drug-likeness (QED) is 0.826. The first kappa shape index (κ1) is 10.4. The summed E-state index contributed by atoms with van der Waals surface area (Å²) in [5, 5.41) is 3.26. The Morgan fingerprint density at radius 3 is 3.07 bits per heavy atom. The van der Waals surface area contributed by atoms with Crippen molar-refractivity contribution in [1.29, 1.82) is 0 Å². The molecule has 1 atom stereocenters. The van der Waals surface area contributed by atoms with Crippen molar-refractivity contribution in [3.05, 3.63) is 29.6 Å². The third-order valence-corrected chi connectivity index (χ3v) is 2.72. The van der Waals surface area contributed by atoms with Crippen LogP contribution < -0.4 is 5.32 Å². The van der Waals surface area contributed by atoms with Crippen molar-refractivity contribution in [2.75, 3.05) is 18.5 Å². The number of benzene rings is 1. The molecule has 0 radical (unpaired) electrons. The molecule has 3 heteroatoms. The van der Waals surface area contributed by atoms with E-state index in [1.165, 1.54) is 6.07 Å². The maximum Gasteiger partial charge on any atom is 0.126 e. The first-order valence-electron chi connectivity index (χ1n) is 5.37. The molecule has 82 valence electrons. The highest BCUT2D eigenvalue weighted by Crippen LogP contribution is 2.16. The molecule has 0 aliphatic carbocycles. The Balaban J connectivity index is 1.90. The van der Waals surface area contributed by atoms with Crippen LogP contribution in [-0.4, -0.2) is 19.3 Å². The molecule has 1 heterocycles.